The van der Waals surface area contributed by atoms with E-state index < -0.39 is 8.07 Å². The molecule has 0 spiro atoms. The van der Waals surface area contributed by atoms with Gasteiger partial charge < -0.3 is 14.2 Å². The zero-order valence-corrected chi connectivity index (χ0v) is 22.5. The van der Waals surface area contributed by atoms with E-state index in [1.807, 2.05) is 40.9 Å². The lowest BCUT2D eigenvalue weighted by atomic mass is 10.0. The molecule has 1 aromatic carbocycles. The second-order valence-corrected chi connectivity index (χ2v) is 17.0. The molecule has 1 aliphatic heterocycles. The highest BCUT2D eigenvalue weighted by atomic mass is 28.3. The zero-order valence-electron chi connectivity index (χ0n) is 21.5. The normalized spacial score (nSPS) is 16.6. The van der Waals surface area contributed by atoms with Gasteiger partial charge in [0.05, 0.1) is 5.69 Å². The van der Waals surface area contributed by atoms with Crippen molar-refractivity contribution in [2.45, 2.75) is 71.7 Å². The van der Waals surface area contributed by atoms with E-state index in [0.717, 1.165) is 52.1 Å². The van der Waals surface area contributed by atoms with Gasteiger partial charge in [0, 0.05) is 45.2 Å². The topological polar surface area (TPSA) is 60.2 Å². The monoisotopic (exact) mass is 488 g/mol. The van der Waals surface area contributed by atoms with Crippen LogP contribution >= 0.6 is 0 Å². The molecule has 6 nitrogen and oxygen atoms in total. The number of benzene rings is 1. The Bertz CT molecular complexity index is 1240. The van der Waals surface area contributed by atoms with Crippen LogP contribution in [0.4, 0.5) is 0 Å². The number of ether oxygens (including phenoxy) is 1. The number of hydrogen-bond donors (Lipinski definition) is 0. The maximum Gasteiger partial charge on any atom is 0.254 e. The molecule has 1 aliphatic carbocycles. The van der Waals surface area contributed by atoms with Crippen LogP contribution in [0, 0.1) is 12.8 Å². The predicted octanol–water partition coefficient (Wildman–Crippen LogP) is 5.99. The van der Waals surface area contributed by atoms with E-state index in [1.54, 1.807) is 0 Å². The third-order valence-electron chi connectivity index (χ3n) is 7.18. The molecule has 5 rings (SSSR count). The van der Waals surface area contributed by atoms with E-state index in [0.29, 0.717) is 25.2 Å². The first-order chi connectivity index (χ1) is 16.7. The van der Waals surface area contributed by atoms with Crippen molar-refractivity contribution in [1.29, 1.82) is 0 Å². The highest BCUT2D eigenvalue weighted by Crippen LogP contribution is 2.39. The van der Waals surface area contributed by atoms with Crippen LogP contribution in [0.25, 0.3) is 22.6 Å². The Balaban J connectivity index is 1.35. The lowest BCUT2D eigenvalue weighted by molar-refractivity contribution is 0.0697. The number of amides is 1. The van der Waals surface area contributed by atoms with Gasteiger partial charge in [-0.15, -0.1) is 0 Å². The Morgan fingerprint density at radius 2 is 1.91 bits per heavy atom. The van der Waals surface area contributed by atoms with Crippen molar-refractivity contribution in [1.82, 2.24) is 19.4 Å². The van der Waals surface area contributed by atoms with E-state index in [4.69, 9.17) is 9.72 Å². The summed E-state index contributed by atoms with van der Waals surface area (Å²) >= 11 is 0. The van der Waals surface area contributed by atoms with Gasteiger partial charge in [-0.1, -0.05) is 25.7 Å². The van der Waals surface area contributed by atoms with Crippen molar-refractivity contribution in [2.75, 3.05) is 6.61 Å². The SMILES string of the molecule is Cc1cn(COCC[Si](C)(C)C)c(-c2cc(-c3ccc4c(c3)CN(C(C)C3CC3)C4=O)ccn2)n1. The van der Waals surface area contributed by atoms with Crippen LogP contribution in [0.3, 0.4) is 0 Å². The summed E-state index contributed by atoms with van der Waals surface area (Å²) < 4.78 is 8.04. The molecule has 1 amide bonds. The molecule has 1 atom stereocenters. The Labute approximate surface area is 209 Å². The van der Waals surface area contributed by atoms with E-state index in [2.05, 4.69) is 49.7 Å². The number of nitrogens with zero attached hydrogens (tertiary/aromatic N) is 4. The smallest absolute Gasteiger partial charge is 0.254 e. The van der Waals surface area contributed by atoms with Gasteiger partial charge in [-0.25, -0.2) is 4.98 Å². The van der Waals surface area contributed by atoms with Crippen LogP contribution in [-0.4, -0.2) is 46.1 Å². The number of rotatable bonds is 9. The lowest BCUT2D eigenvalue weighted by Gasteiger charge is -2.23. The highest BCUT2D eigenvalue weighted by Gasteiger charge is 2.38. The van der Waals surface area contributed by atoms with E-state index in [1.165, 1.54) is 12.8 Å². The summed E-state index contributed by atoms with van der Waals surface area (Å²) in [4.78, 5) is 24.4. The average Bonchev–Trinajstić information content (AvgIpc) is 3.53. The minimum absolute atomic E-state index is 0.174. The fourth-order valence-electron chi connectivity index (χ4n) is 4.81. The van der Waals surface area contributed by atoms with Gasteiger partial charge >= 0.3 is 0 Å². The summed E-state index contributed by atoms with van der Waals surface area (Å²) in [5.41, 5.74) is 5.91. The molecule has 0 N–H and O–H groups in total. The van der Waals surface area contributed by atoms with Crippen molar-refractivity contribution in [3.05, 3.63) is 59.5 Å². The predicted molar refractivity (Wildman–Crippen MR) is 142 cm³/mol. The van der Waals surface area contributed by atoms with Crippen LogP contribution in [0.1, 0.15) is 41.4 Å². The van der Waals surface area contributed by atoms with E-state index in [9.17, 15) is 4.79 Å². The third kappa shape index (κ3) is 5.26. The van der Waals surface area contributed by atoms with Crippen LogP contribution < -0.4 is 0 Å². The van der Waals surface area contributed by atoms with Gasteiger partial charge in [-0.05, 0) is 79.6 Å². The molecule has 0 saturated heterocycles. The van der Waals surface area contributed by atoms with Gasteiger partial charge in [0.2, 0.25) is 0 Å². The van der Waals surface area contributed by atoms with E-state index in [-0.39, 0.29) is 5.91 Å². The minimum atomic E-state index is -1.12. The first-order valence-electron chi connectivity index (χ1n) is 12.7. The molecule has 184 valence electrons. The molecular weight excluding hydrogens is 452 g/mol. The maximum atomic E-state index is 13.0. The first kappa shape index (κ1) is 23.9. The molecule has 7 heteroatoms. The molecule has 2 aliphatic rings. The van der Waals surface area contributed by atoms with Gasteiger partial charge in [0.15, 0.2) is 5.82 Å². The van der Waals surface area contributed by atoms with Gasteiger partial charge in [-0.2, -0.15) is 0 Å². The third-order valence-corrected chi connectivity index (χ3v) is 8.88. The Hall–Kier alpha value is -2.77. The fraction of sp³-hybridized carbons (Fsp3) is 0.464. The number of imidazole rings is 1. The summed E-state index contributed by atoms with van der Waals surface area (Å²) in [6.45, 7) is 13.2. The number of pyridine rings is 1. The summed E-state index contributed by atoms with van der Waals surface area (Å²) in [5, 5.41) is 0. The van der Waals surface area contributed by atoms with Crippen molar-refractivity contribution in [3.63, 3.8) is 0 Å². The molecular formula is C28H36N4O2Si. The largest absolute Gasteiger partial charge is 0.361 e. The quantitative estimate of drug-likeness (QED) is 0.274. The zero-order chi connectivity index (χ0) is 24.7. The summed E-state index contributed by atoms with van der Waals surface area (Å²) in [5.74, 6) is 1.66. The molecule has 35 heavy (non-hydrogen) atoms. The minimum Gasteiger partial charge on any atom is -0.361 e. The second kappa shape index (κ2) is 9.35. The van der Waals surface area contributed by atoms with Crippen molar-refractivity contribution < 1.29 is 9.53 Å². The molecule has 0 radical (unpaired) electrons. The Morgan fingerprint density at radius 1 is 1.14 bits per heavy atom. The van der Waals surface area contributed by atoms with Gasteiger partial charge in [0.25, 0.3) is 5.91 Å². The van der Waals surface area contributed by atoms with Crippen LogP contribution in [-0.2, 0) is 18.0 Å². The Kier molecular flexibility index (Phi) is 6.40. The first-order valence-corrected chi connectivity index (χ1v) is 16.4. The average molecular weight is 489 g/mol. The number of carbonyl (C=O) groups is 1. The van der Waals surface area contributed by atoms with Crippen LogP contribution in [0.15, 0.2) is 42.7 Å². The standard InChI is InChI=1S/C28H36N4O2Si/c1-19-16-31(18-34-12-13-35(3,4)5)27(30-19)26-15-23(10-11-29-26)22-8-9-25-24(14-22)17-32(28(25)33)20(2)21-6-7-21/h8-11,14-16,20-21H,6-7,12-13,17-18H2,1-5H3. The number of aryl methyl sites for hydroxylation is 1. The summed E-state index contributed by atoms with van der Waals surface area (Å²) in [6, 6.07) is 11.8. The number of aromatic nitrogens is 3. The van der Waals surface area contributed by atoms with Crippen LogP contribution in [0.2, 0.25) is 25.7 Å². The Morgan fingerprint density at radius 3 is 2.66 bits per heavy atom. The summed E-state index contributed by atoms with van der Waals surface area (Å²) in [7, 11) is -1.12. The highest BCUT2D eigenvalue weighted by molar-refractivity contribution is 6.76. The molecule has 1 saturated carbocycles. The lowest BCUT2D eigenvalue weighted by Crippen LogP contribution is -2.34. The number of carbonyl (C=O) groups excluding carboxylic acids is 1. The second-order valence-electron chi connectivity index (χ2n) is 11.3. The molecule has 3 heterocycles. The van der Waals surface area contributed by atoms with Crippen molar-refractivity contribution in [3.8, 4) is 22.6 Å². The van der Waals surface area contributed by atoms with Crippen molar-refractivity contribution >= 4 is 14.0 Å². The maximum absolute atomic E-state index is 13.0. The fourth-order valence-corrected chi connectivity index (χ4v) is 5.56. The van der Waals surface area contributed by atoms with Crippen molar-refractivity contribution in [2.24, 2.45) is 5.92 Å². The van der Waals surface area contributed by atoms with Gasteiger partial charge in [-0.3, -0.25) is 9.78 Å². The molecule has 3 aromatic rings. The van der Waals surface area contributed by atoms with Gasteiger partial charge in [0.1, 0.15) is 12.4 Å². The molecule has 2 aromatic heterocycles. The number of fused-ring (bicyclic) bond motifs is 1. The van der Waals surface area contributed by atoms with Crippen LogP contribution in [0.5, 0.6) is 0 Å². The molecule has 1 unspecified atom stereocenters. The van der Waals surface area contributed by atoms with E-state index >= 15 is 0 Å². The molecule has 1 fully saturated rings. The summed E-state index contributed by atoms with van der Waals surface area (Å²) in [6.07, 6.45) is 6.34. The molecule has 0 bridgehead atoms. The number of hydrogen-bond acceptors (Lipinski definition) is 4.